The lowest BCUT2D eigenvalue weighted by Crippen LogP contribution is -2.22. The number of rotatable bonds is 5. The van der Waals surface area contributed by atoms with Gasteiger partial charge in [0.2, 0.25) is 0 Å². The van der Waals surface area contributed by atoms with Crippen molar-refractivity contribution in [2.24, 2.45) is 0 Å². The van der Waals surface area contributed by atoms with Crippen LogP contribution in [-0.4, -0.2) is 20.6 Å². The summed E-state index contributed by atoms with van der Waals surface area (Å²) in [5, 5.41) is 10.6. The Bertz CT molecular complexity index is 755. The van der Waals surface area contributed by atoms with Gasteiger partial charge in [0.25, 0.3) is 10.0 Å². The van der Waals surface area contributed by atoms with Crippen molar-refractivity contribution in [2.45, 2.75) is 9.79 Å². The highest BCUT2D eigenvalue weighted by Gasteiger charge is 2.14. The largest absolute Gasteiger partial charge is 0.545 e. The van der Waals surface area contributed by atoms with E-state index in [0.29, 0.717) is 5.69 Å². The van der Waals surface area contributed by atoms with E-state index < -0.39 is 16.0 Å². The number of thioether (sulfide) groups is 1. The molecule has 0 unspecified atom stereocenters. The van der Waals surface area contributed by atoms with Crippen molar-refractivity contribution in [3.63, 3.8) is 0 Å². The molecule has 0 aliphatic heterocycles. The molecule has 5 nitrogen and oxygen atoms in total. The second kappa shape index (κ2) is 6.19. The average molecular weight is 322 g/mol. The Kier molecular flexibility index (Phi) is 4.54. The maximum atomic E-state index is 12.2. The van der Waals surface area contributed by atoms with Crippen molar-refractivity contribution >= 4 is 33.4 Å². The molecule has 0 aromatic heterocycles. The van der Waals surface area contributed by atoms with Gasteiger partial charge in [0.15, 0.2) is 0 Å². The van der Waals surface area contributed by atoms with Gasteiger partial charge in [0.1, 0.15) is 0 Å². The van der Waals surface area contributed by atoms with Crippen LogP contribution in [-0.2, 0) is 10.0 Å². The van der Waals surface area contributed by atoms with Crippen LogP contribution in [0.25, 0.3) is 0 Å². The first-order valence-corrected chi connectivity index (χ1v) is 8.61. The summed E-state index contributed by atoms with van der Waals surface area (Å²) >= 11 is 1.50. The lowest BCUT2D eigenvalue weighted by atomic mass is 10.2. The van der Waals surface area contributed by atoms with Gasteiger partial charge in [0, 0.05) is 10.6 Å². The number of carboxylic acids is 1. The second-order valence-corrected chi connectivity index (χ2v) is 6.71. The summed E-state index contributed by atoms with van der Waals surface area (Å²) in [5.41, 5.74) is 0.379. The molecule has 0 heterocycles. The molecule has 0 atom stereocenters. The minimum atomic E-state index is -3.75. The molecule has 110 valence electrons. The first-order valence-electron chi connectivity index (χ1n) is 5.90. The van der Waals surface area contributed by atoms with Crippen molar-refractivity contribution in [3.05, 3.63) is 54.1 Å². The zero-order valence-corrected chi connectivity index (χ0v) is 12.7. The number of hydrogen-bond donors (Lipinski definition) is 1. The van der Waals surface area contributed by atoms with E-state index in [1.165, 1.54) is 36.0 Å². The molecule has 2 aromatic carbocycles. The topological polar surface area (TPSA) is 86.3 Å². The van der Waals surface area contributed by atoms with Crippen molar-refractivity contribution < 1.29 is 18.3 Å². The standard InChI is InChI=1S/C14H13NO4S2/c1-20-12-4-2-3-11(9-12)15-21(18,19)13-7-5-10(6-8-13)14(16)17/h2-9,15H,1H3,(H,16,17)/p-1. The Morgan fingerprint density at radius 2 is 1.81 bits per heavy atom. The Morgan fingerprint density at radius 1 is 1.14 bits per heavy atom. The third-order valence-corrected chi connectivity index (χ3v) is 4.84. The van der Waals surface area contributed by atoms with Gasteiger partial charge in [-0.1, -0.05) is 18.2 Å². The number of nitrogens with one attached hydrogen (secondary N) is 1. The predicted molar refractivity (Wildman–Crippen MR) is 79.8 cm³/mol. The summed E-state index contributed by atoms with van der Waals surface area (Å²) in [5.74, 6) is -1.35. The van der Waals surface area contributed by atoms with Crippen molar-refractivity contribution in [2.75, 3.05) is 11.0 Å². The van der Waals surface area contributed by atoms with Gasteiger partial charge >= 0.3 is 0 Å². The van der Waals surface area contributed by atoms with E-state index in [0.717, 1.165) is 4.90 Å². The summed E-state index contributed by atoms with van der Waals surface area (Å²) in [4.78, 5) is 11.6. The highest BCUT2D eigenvalue weighted by Crippen LogP contribution is 2.21. The molecule has 0 bridgehead atoms. The van der Waals surface area contributed by atoms with Crippen LogP contribution in [0.4, 0.5) is 5.69 Å². The Balaban J connectivity index is 2.27. The first kappa shape index (κ1) is 15.4. The van der Waals surface area contributed by atoms with E-state index in [4.69, 9.17) is 0 Å². The van der Waals surface area contributed by atoms with Crippen LogP contribution in [0.5, 0.6) is 0 Å². The van der Waals surface area contributed by atoms with E-state index in [2.05, 4.69) is 4.72 Å². The number of anilines is 1. The summed E-state index contributed by atoms with van der Waals surface area (Å²) in [6.45, 7) is 0. The second-order valence-electron chi connectivity index (χ2n) is 4.15. The average Bonchev–Trinajstić information content (AvgIpc) is 2.47. The summed E-state index contributed by atoms with van der Waals surface area (Å²) in [7, 11) is -3.75. The SMILES string of the molecule is CSc1cccc(NS(=O)(=O)c2ccc(C(=O)[O-])cc2)c1. The van der Waals surface area contributed by atoms with Crippen LogP contribution in [0.15, 0.2) is 58.3 Å². The normalized spacial score (nSPS) is 11.1. The Hall–Kier alpha value is -1.99. The molecule has 0 saturated carbocycles. The van der Waals surface area contributed by atoms with E-state index in [9.17, 15) is 18.3 Å². The molecule has 0 aliphatic rings. The summed E-state index contributed by atoms with van der Waals surface area (Å²) in [6.07, 6.45) is 1.90. The van der Waals surface area contributed by atoms with Crippen LogP contribution < -0.4 is 9.83 Å². The van der Waals surface area contributed by atoms with Crippen LogP contribution in [0.2, 0.25) is 0 Å². The molecule has 0 spiro atoms. The van der Waals surface area contributed by atoms with Gasteiger partial charge in [-0.25, -0.2) is 8.42 Å². The fourth-order valence-corrected chi connectivity index (χ4v) is 3.18. The van der Waals surface area contributed by atoms with Crippen LogP contribution >= 0.6 is 11.8 Å². The lowest BCUT2D eigenvalue weighted by Gasteiger charge is -2.10. The third kappa shape index (κ3) is 3.77. The third-order valence-electron chi connectivity index (χ3n) is 2.72. The van der Waals surface area contributed by atoms with Crippen LogP contribution in [0.3, 0.4) is 0 Å². The molecular formula is C14H12NO4S2-. The smallest absolute Gasteiger partial charge is 0.261 e. The van der Waals surface area contributed by atoms with E-state index >= 15 is 0 Å². The number of aromatic carboxylic acids is 1. The van der Waals surface area contributed by atoms with E-state index in [1.54, 1.807) is 18.2 Å². The number of benzene rings is 2. The van der Waals surface area contributed by atoms with Gasteiger partial charge in [-0.2, -0.15) is 0 Å². The fourth-order valence-electron chi connectivity index (χ4n) is 1.67. The molecule has 1 N–H and O–H groups in total. The maximum absolute atomic E-state index is 12.2. The molecule has 2 aromatic rings. The van der Waals surface area contributed by atoms with E-state index in [-0.39, 0.29) is 10.5 Å². The maximum Gasteiger partial charge on any atom is 0.261 e. The van der Waals surface area contributed by atoms with Gasteiger partial charge in [-0.05, 0) is 42.2 Å². The van der Waals surface area contributed by atoms with Gasteiger partial charge in [-0.15, -0.1) is 11.8 Å². The van der Waals surface area contributed by atoms with Crippen molar-refractivity contribution in [1.82, 2.24) is 0 Å². The molecule has 21 heavy (non-hydrogen) atoms. The molecule has 0 aliphatic carbocycles. The van der Waals surface area contributed by atoms with Gasteiger partial charge in [-0.3, -0.25) is 4.72 Å². The quantitative estimate of drug-likeness (QED) is 0.845. The molecule has 0 fully saturated rings. The molecule has 7 heteroatoms. The van der Waals surface area contributed by atoms with Crippen LogP contribution in [0, 0.1) is 0 Å². The first-order chi connectivity index (χ1) is 9.92. The number of carbonyl (C=O) groups excluding carboxylic acids is 1. The summed E-state index contributed by atoms with van der Waals surface area (Å²) in [6, 6.07) is 11.8. The number of carbonyl (C=O) groups is 1. The number of sulfonamides is 1. The fraction of sp³-hybridized carbons (Fsp3) is 0.0714. The van der Waals surface area contributed by atoms with Crippen molar-refractivity contribution in [3.8, 4) is 0 Å². The molecule has 2 rings (SSSR count). The van der Waals surface area contributed by atoms with Crippen LogP contribution in [0.1, 0.15) is 10.4 Å². The minimum absolute atomic E-state index is 0.0120. The van der Waals surface area contributed by atoms with E-state index in [1.807, 2.05) is 12.3 Å². The highest BCUT2D eigenvalue weighted by atomic mass is 32.2. The molecular weight excluding hydrogens is 310 g/mol. The lowest BCUT2D eigenvalue weighted by molar-refractivity contribution is -0.255. The molecule has 0 saturated heterocycles. The minimum Gasteiger partial charge on any atom is -0.545 e. The number of carboxylic acid groups (broad SMARTS) is 1. The highest BCUT2D eigenvalue weighted by molar-refractivity contribution is 7.98. The van der Waals surface area contributed by atoms with Crippen molar-refractivity contribution in [1.29, 1.82) is 0 Å². The Labute approximate surface area is 127 Å². The zero-order valence-electron chi connectivity index (χ0n) is 11.1. The van der Waals surface area contributed by atoms with Gasteiger partial charge < -0.3 is 9.90 Å². The molecule has 0 amide bonds. The molecule has 0 radical (unpaired) electrons. The summed E-state index contributed by atoms with van der Waals surface area (Å²) < 4.78 is 26.9. The van der Waals surface area contributed by atoms with Gasteiger partial charge in [0.05, 0.1) is 10.9 Å². The Morgan fingerprint density at radius 3 is 2.38 bits per heavy atom. The number of hydrogen-bond acceptors (Lipinski definition) is 5. The monoisotopic (exact) mass is 322 g/mol. The predicted octanol–water partition coefficient (Wildman–Crippen LogP) is 1.57. The zero-order chi connectivity index (χ0) is 15.5.